The van der Waals surface area contributed by atoms with Crippen LogP contribution in [0.25, 0.3) is 0 Å². The first-order chi connectivity index (χ1) is 8.24. The fourth-order valence-electron chi connectivity index (χ4n) is 1.76. The monoisotopic (exact) mass is 252 g/mol. The van der Waals surface area contributed by atoms with Crippen molar-refractivity contribution in [1.29, 1.82) is 0 Å². The minimum absolute atomic E-state index is 0.0493. The minimum atomic E-state index is -0.150. The van der Waals surface area contributed by atoms with Crippen LogP contribution >= 0.6 is 11.8 Å². The van der Waals surface area contributed by atoms with Crippen LogP contribution in [0.4, 0.5) is 0 Å². The molecule has 1 aliphatic rings. The predicted molar refractivity (Wildman–Crippen MR) is 66.7 cm³/mol. The zero-order chi connectivity index (χ0) is 12.1. The van der Waals surface area contributed by atoms with E-state index in [0.717, 1.165) is 17.7 Å². The van der Waals surface area contributed by atoms with E-state index in [4.69, 9.17) is 5.11 Å². The van der Waals surface area contributed by atoms with Gasteiger partial charge in [0.2, 0.25) is 5.91 Å². The second kappa shape index (κ2) is 6.02. The quantitative estimate of drug-likeness (QED) is 0.769. The maximum atomic E-state index is 11.5. The van der Waals surface area contributed by atoms with Gasteiger partial charge < -0.3 is 10.4 Å². The maximum absolute atomic E-state index is 11.5. The number of aromatic nitrogens is 1. The number of thioether (sulfide) groups is 1. The van der Waals surface area contributed by atoms with Gasteiger partial charge in [0.05, 0.1) is 11.9 Å². The van der Waals surface area contributed by atoms with Gasteiger partial charge in [-0.3, -0.25) is 9.78 Å². The highest BCUT2D eigenvalue weighted by Crippen LogP contribution is 2.26. The molecule has 1 amide bonds. The Hall–Kier alpha value is -1.07. The Morgan fingerprint density at radius 3 is 2.82 bits per heavy atom. The first-order valence-corrected chi connectivity index (χ1v) is 6.70. The molecule has 1 heterocycles. The molecule has 0 spiro atoms. The highest BCUT2D eigenvalue weighted by molar-refractivity contribution is 8.00. The number of aliphatic hydroxyl groups is 1. The number of pyridine rings is 1. The van der Waals surface area contributed by atoms with Crippen LogP contribution in [0.15, 0.2) is 29.4 Å². The number of nitrogens with zero attached hydrogens (tertiary/aromatic N) is 1. The molecule has 0 unspecified atom stereocenters. The lowest BCUT2D eigenvalue weighted by molar-refractivity contribution is -0.119. The molecule has 1 fully saturated rings. The lowest BCUT2D eigenvalue weighted by atomic mass is 9.82. The Morgan fingerprint density at radius 1 is 1.47 bits per heavy atom. The van der Waals surface area contributed by atoms with Gasteiger partial charge in [-0.1, -0.05) is 0 Å². The third-order valence-electron chi connectivity index (χ3n) is 2.82. The highest BCUT2D eigenvalue weighted by atomic mass is 32.2. The molecule has 1 aromatic rings. The third kappa shape index (κ3) is 4.02. The number of aliphatic hydroxyl groups excluding tert-OH is 1. The molecule has 92 valence electrons. The van der Waals surface area contributed by atoms with E-state index in [-0.39, 0.29) is 12.0 Å². The largest absolute Gasteiger partial charge is 0.393 e. The van der Waals surface area contributed by atoms with E-state index in [0.29, 0.717) is 18.2 Å². The molecule has 0 radical (unpaired) electrons. The summed E-state index contributed by atoms with van der Waals surface area (Å²) in [5, 5.41) is 12.0. The Morgan fingerprint density at radius 2 is 2.18 bits per heavy atom. The predicted octanol–water partition coefficient (Wildman–Crippen LogP) is 1.06. The molecule has 5 heteroatoms. The maximum Gasteiger partial charge on any atom is 0.230 e. The Bertz CT molecular complexity index is 366. The average Bonchev–Trinajstić information content (AvgIpc) is 2.32. The van der Waals surface area contributed by atoms with Gasteiger partial charge in [0.1, 0.15) is 0 Å². The number of carbonyl (C=O) groups excluding carboxylic acids is 1. The number of carbonyl (C=O) groups is 1. The lowest BCUT2D eigenvalue weighted by Gasteiger charge is -2.31. The fraction of sp³-hybridized carbons (Fsp3) is 0.500. The summed E-state index contributed by atoms with van der Waals surface area (Å²) in [6.45, 7) is 0.687. The van der Waals surface area contributed by atoms with Gasteiger partial charge in [0.15, 0.2) is 0 Å². The molecule has 0 atom stereocenters. The van der Waals surface area contributed by atoms with Gasteiger partial charge >= 0.3 is 0 Å². The SMILES string of the molecule is O=C(CSc1ccncc1)NCC1CC(O)C1. The number of hydrogen-bond donors (Lipinski definition) is 2. The van der Waals surface area contributed by atoms with E-state index < -0.39 is 0 Å². The summed E-state index contributed by atoms with van der Waals surface area (Å²) >= 11 is 1.50. The van der Waals surface area contributed by atoms with Gasteiger partial charge in [-0.05, 0) is 30.9 Å². The summed E-state index contributed by atoms with van der Waals surface area (Å²) in [5.41, 5.74) is 0. The normalized spacial score (nSPS) is 22.9. The van der Waals surface area contributed by atoms with Crippen LogP contribution < -0.4 is 5.32 Å². The molecular weight excluding hydrogens is 236 g/mol. The number of amides is 1. The molecule has 0 aromatic carbocycles. The first kappa shape index (κ1) is 12.4. The third-order valence-corrected chi connectivity index (χ3v) is 3.83. The van der Waals surface area contributed by atoms with Crippen molar-refractivity contribution in [1.82, 2.24) is 10.3 Å². The Labute approximate surface area is 105 Å². The van der Waals surface area contributed by atoms with Crippen molar-refractivity contribution in [2.75, 3.05) is 12.3 Å². The molecule has 17 heavy (non-hydrogen) atoms. The van der Waals surface area contributed by atoms with Crippen molar-refractivity contribution in [3.63, 3.8) is 0 Å². The van der Waals surface area contributed by atoms with Crippen LogP contribution in [-0.4, -0.2) is 34.4 Å². The van der Waals surface area contributed by atoms with Gasteiger partial charge in [-0.15, -0.1) is 11.8 Å². The van der Waals surface area contributed by atoms with Gasteiger partial charge in [0, 0.05) is 23.8 Å². The summed E-state index contributed by atoms with van der Waals surface area (Å²) < 4.78 is 0. The highest BCUT2D eigenvalue weighted by Gasteiger charge is 2.26. The molecule has 1 saturated carbocycles. The second-order valence-corrected chi connectivity index (χ2v) is 5.32. The zero-order valence-corrected chi connectivity index (χ0v) is 10.3. The second-order valence-electron chi connectivity index (χ2n) is 4.27. The summed E-state index contributed by atoms with van der Waals surface area (Å²) in [5.74, 6) is 0.937. The van der Waals surface area contributed by atoms with Gasteiger partial charge in [-0.25, -0.2) is 0 Å². The molecule has 0 saturated heterocycles. The molecule has 0 bridgehead atoms. The number of hydrogen-bond acceptors (Lipinski definition) is 4. The lowest BCUT2D eigenvalue weighted by Crippen LogP contribution is -2.38. The van der Waals surface area contributed by atoms with Crippen LogP contribution in [-0.2, 0) is 4.79 Å². The standard InChI is InChI=1S/C12H16N2O2S/c15-10-5-9(6-10)7-14-12(16)8-17-11-1-3-13-4-2-11/h1-4,9-10,15H,5-8H2,(H,14,16). The van der Waals surface area contributed by atoms with Crippen molar-refractivity contribution in [3.8, 4) is 0 Å². The fourth-order valence-corrected chi connectivity index (χ4v) is 2.47. The molecule has 2 N–H and O–H groups in total. The molecule has 0 aliphatic heterocycles. The van der Waals surface area contributed by atoms with E-state index in [9.17, 15) is 4.79 Å². The van der Waals surface area contributed by atoms with Crippen LogP contribution in [0.1, 0.15) is 12.8 Å². The average molecular weight is 252 g/mol. The molecular formula is C12H16N2O2S. The first-order valence-electron chi connectivity index (χ1n) is 5.71. The molecule has 2 rings (SSSR count). The van der Waals surface area contributed by atoms with E-state index in [1.165, 1.54) is 11.8 Å². The number of nitrogens with one attached hydrogen (secondary N) is 1. The summed E-state index contributed by atoms with van der Waals surface area (Å²) in [7, 11) is 0. The van der Waals surface area contributed by atoms with Gasteiger partial charge in [-0.2, -0.15) is 0 Å². The minimum Gasteiger partial charge on any atom is -0.393 e. The Balaban J connectivity index is 1.61. The van der Waals surface area contributed by atoms with E-state index >= 15 is 0 Å². The van der Waals surface area contributed by atoms with Crippen molar-refractivity contribution < 1.29 is 9.90 Å². The van der Waals surface area contributed by atoms with E-state index in [1.54, 1.807) is 12.4 Å². The van der Waals surface area contributed by atoms with Crippen molar-refractivity contribution >= 4 is 17.7 Å². The smallest absolute Gasteiger partial charge is 0.230 e. The zero-order valence-electron chi connectivity index (χ0n) is 9.50. The topological polar surface area (TPSA) is 62.2 Å². The van der Waals surface area contributed by atoms with Crippen LogP contribution in [0.3, 0.4) is 0 Å². The van der Waals surface area contributed by atoms with E-state index in [1.807, 2.05) is 12.1 Å². The molecule has 1 aliphatic carbocycles. The number of rotatable bonds is 5. The van der Waals surface area contributed by atoms with E-state index in [2.05, 4.69) is 10.3 Å². The summed E-state index contributed by atoms with van der Waals surface area (Å²) in [6.07, 6.45) is 4.92. The van der Waals surface area contributed by atoms with Crippen LogP contribution in [0, 0.1) is 5.92 Å². The van der Waals surface area contributed by atoms with Crippen LogP contribution in [0.2, 0.25) is 0 Å². The van der Waals surface area contributed by atoms with Crippen molar-refractivity contribution in [2.24, 2.45) is 5.92 Å². The summed E-state index contributed by atoms with van der Waals surface area (Å²) in [6, 6.07) is 3.78. The Kier molecular flexibility index (Phi) is 4.39. The summed E-state index contributed by atoms with van der Waals surface area (Å²) in [4.78, 5) is 16.5. The van der Waals surface area contributed by atoms with Crippen LogP contribution in [0.5, 0.6) is 0 Å². The van der Waals surface area contributed by atoms with Crippen molar-refractivity contribution in [2.45, 2.75) is 23.8 Å². The molecule has 4 nitrogen and oxygen atoms in total. The van der Waals surface area contributed by atoms with Gasteiger partial charge in [0.25, 0.3) is 0 Å². The van der Waals surface area contributed by atoms with Crippen molar-refractivity contribution in [3.05, 3.63) is 24.5 Å². The molecule has 1 aromatic heterocycles.